The maximum Gasteiger partial charge on any atom is 0.123 e. The van der Waals surface area contributed by atoms with Crippen molar-refractivity contribution in [3.05, 3.63) is 95.3 Å². The Morgan fingerprint density at radius 1 is 0.920 bits per heavy atom. The number of aliphatic imine (C=N–C) groups is 1. The Labute approximate surface area is 147 Å². The fourth-order valence-corrected chi connectivity index (χ4v) is 2.40. The van der Waals surface area contributed by atoms with Gasteiger partial charge >= 0.3 is 0 Å². The first-order chi connectivity index (χ1) is 12.2. The first-order valence-electron chi connectivity index (χ1n) is 8.33. The molecule has 25 heavy (non-hydrogen) atoms. The second kappa shape index (κ2) is 8.25. The summed E-state index contributed by atoms with van der Waals surface area (Å²) in [6, 6.07) is 22.3. The number of hydrogen-bond donors (Lipinski definition) is 0. The second-order valence-corrected chi connectivity index (χ2v) is 5.77. The second-order valence-electron chi connectivity index (χ2n) is 5.77. The highest BCUT2D eigenvalue weighted by molar-refractivity contribution is 5.82. The van der Waals surface area contributed by atoms with Crippen LogP contribution in [0, 0.1) is 5.82 Å². The fourth-order valence-electron chi connectivity index (χ4n) is 2.40. The molecule has 0 spiro atoms. The Kier molecular flexibility index (Phi) is 5.57. The Hall–Kier alpha value is -2.94. The van der Waals surface area contributed by atoms with Crippen molar-refractivity contribution in [1.29, 1.82) is 0 Å². The fraction of sp³-hybridized carbons (Fsp3) is 0.136. The third kappa shape index (κ3) is 5.01. The Morgan fingerprint density at radius 2 is 1.64 bits per heavy atom. The quantitative estimate of drug-likeness (QED) is 0.529. The van der Waals surface area contributed by atoms with E-state index < -0.39 is 0 Å². The van der Waals surface area contributed by atoms with Crippen molar-refractivity contribution in [2.45, 2.75) is 20.0 Å². The van der Waals surface area contributed by atoms with Gasteiger partial charge in [-0.2, -0.15) is 0 Å². The van der Waals surface area contributed by atoms with Gasteiger partial charge in [0.25, 0.3) is 0 Å². The van der Waals surface area contributed by atoms with Crippen LogP contribution >= 0.6 is 0 Å². The van der Waals surface area contributed by atoms with Crippen LogP contribution in [0.5, 0.6) is 5.75 Å². The van der Waals surface area contributed by atoms with E-state index in [9.17, 15) is 4.39 Å². The Morgan fingerprint density at radius 3 is 2.36 bits per heavy atom. The van der Waals surface area contributed by atoms with E-state index in [1.807, 2.05) is 42.6 Å². The van der Waals surface area contributed by atoms with Gasteiger partial charge in [0, 0.05) is 6.21 Å². The third-order valence-electron chi connectivity index (χ3n) is 3.88. The average Bonchev–Trinajstić information content (AvgIpc) is 2.67. The van der Waals surface area contributed by atoms with Crippen LogP contribution in [0.1, 0.15) is 23.6 Å². The highest BCUT2D eigenvalue weighted by atomic mass is 19.1. The van der Waals surface area contributed by atoms with Gasteiger partial charge in [0.2, 0.25) is 0 Å². The molecule has 0 saturated carbocycles. The minimum Gasteiger partial charge on any atom is -0.489 e. The number of rotatable bonds is 6. The molecule has 0 saturated heterocycles. The largest absolute Gasteiger partial charge is 0.489 e. The highest BCUT2D eigenvalue weighted by Crippen LogP contribution is 2.17. The van der Waals surface area contributed by atoms with Crippen LogP contribution in [0.25, 0.3) is 0 Å². The molecular formula is C22H20FNO. The van der Waals surface area contributed by atoms with Crippen LogP contribution in [0.15, 0.2) is 77.8 Å². The summed E-state index contributed by atoms with van der Waals surface area (Å²) < 4.78 is 18.7. The monoisotopic (exact) mass is 333 g/mol. The lowest BCUT2D eigenvalue weighted by Crippen LogP contribution is -1.96. The minimum absolute atomic E-state index is 0.242. The topological polar surface area (TPSA) is 21.6 Å². The molecule has 0 aliphatic heterocycles. The van der Waals surface area contributed by atoms with E-state index in [4.69, 9.17) is 4.74 Å². The summed E-state index contributed by atoms with van der Waals surface area (Å²) >= 11 is 0. The molecule has 3 heteroatoms. The number of halogens is 1. The predicted molar refractivity (Wildman–Crippen MR) is 100 cm³/mol. The maximum atomic E-state index is 12.9. The normalized spacial score (nSPS) is 11.0. The van der Waals surface area contributed by atoms with Gasteiger partial charge in [-0.1, -0.05) is 43.3 Å². The maximum absolute atomic E-state index is 12.9. The van der Waals surface area contributed by atoms with Crippen LogP contribution in [0.2, 0.25) is 0 Å². The molecule has 3 aromatic carbocycles. The standard InChI is InChI=1S/C22H20FNO/c1-2-17-8-12-21(13-9-17)24-15-19-4-3-5-22(14-19)25-16-18-6-10-20(23)11-7-18/h3-15H,2,16H2,1H3. The summed E-state index contributed by atoms with van der Waals surface area (Å²) in [5.41, 5.74) is 4.12. The van der Waals surface area contributed by atoms with E-state index >= 15 is 0 Å². The van der Waals surface area contributed by atoms with E-state index in [2.05, 4.69) is 24.0 Å². The highest BCUT2D eigenvalue weighted by Gasteiger charge is 1.98. The summed E-state index contributed by atoms with van der Waals surface area (Å²) in [6.07, 6.45) is 2.85. The van der Waals surface area contributed by atoms with Gasteiger partial charge in [0.05, 0.1) is 5.69 Å². The molecule has 126 valence electrons. The zero-order chi connectivity index (χ0) is 17.5. The summed E-state index contributed by atoms with van der Waals surface area (Å²) in [5.74, 6) is 0.517. The number of aryl methyl sites for hydroxylation is 1. The number of ether oxygens (including phenoxy) is 1. The zero-order valence-electron chi connectivity index (χ0n) is 14.2. The molecule has 0 N–H and O–H groups in total. The minimum atomic E-state index is -0.242. The van der Waals surface area contributed by atoms with Crippen molar-refractivity contribution in [3.8, 4) is 5.75 Å². The van der Waals surface area contributed by atoms with E-state index in [1.165, 1.54) is 17.7 Å². The average molecular weight is 333 g/mol. The van der Waals surface area contributed by atoms with Gasteiger partial charge in [-0.3, -0.25) is 4.99 Å². The first-order valence-corrected chi connectivity index (χ1v) is 8.33. The third-order valence-corrected chi connectivity index (χ3v) is 3.88. The zero-order valence-corrected chi connectivity index (χ0v) is 14.2. The van der Waals surface area contributed by atoms with Gasteiger partial charge in [-0.15, -0.1) is 0 Å². The molecule has 0 aliphatic rings. The summed E-state index contributed by atoms with van der Waals surface area (Å²) in [6.45, 7) is 2.54. The van der Waals surface area contributed by atoms with Gasteiger partial charge in [-0.05, 0) is 59.5 Å². The van der Waals surface area contributed by atoms with Gasteiger partial charge < -0.3 is 4.74 Å². The van der Waals surface area contributed by atoms with Crippen molar-refractivity contribution < 1.29 is 9.13 Å². The van der Waals surface area contributed by atoms with E-state index in [0.717, 1.165) is 29.0 Å². The van der Waals surface area contributed by atoms with E-state index in [-0.39, 0.29) is 5.82 Å². The number of benzene rings is 3. The van der Waals surface area contributed by atoms with Crippen molar-refractivity contribution in [1.82, 2.24) is 0 Å². The molecule has 3 rings (SSSR count). The van der Waals surface area contributed by atoms with Gasteiger partial charge in [0.15, 0.2) is 0 Å². The smallest absolute Gasteiger partial charge is 0.123 e. The molecule has 0 radical (unpaired) electrons. The summed E-state index contributed by atoms with van der Waals surface area (Å²) in [5, 5.41) is 0. The predicted octanol–water partition coefficient (Wildman–Crippen LogP) is 5.72. The molecule has 0 bridgehead atoms. The molecule has 3 aromatic rings. The van der Waals surface area contributed by atoms with Crippen molar-refractivity contribution in [2.75, 3.05) is 0 Å². The lowest BCUT2D eigenvalue weighted by Gasteiger charge is -2.07. The molecule has 0 aromatic heterocycles. The first kappa shape index (κ1) is 16.9. The molecule has 0 amide bonds. The lowest BCUT2D eigenvalue weighted by molar-refractivity contribution is 0.306. The summed E-state index contributed by atoms with van der Waals surface area (Å²) in [4.78, 5) is 4.50. The Balaban J connectivity index is 1.64. The molecule has 0 atom stereocenters. The van der Waals surface area contributed by atoms with Gasteiger partial charge in [-0.25, -0.2) is 4.39 Å². The Bertz CT molecular complexity index is 839. The molecule has 0 unspecified atom stereocenters. The molecular weight excluding hydrogens is 313 g/mol. The molecule has 0 aliphatic carbocycles. The SMILES string of the molecule is CCc1ccc(N=Cc2cccc(OCc3ccc(F)cc3)c2)cc1. The van der Waals surface area contributed by atoms with E-state index in [0.29, 0.717) is 6.61 Å². The van der Waals surface area contributed by atoms with Gasteiger partial charge in [0.1, 0.15) is 18.2 Å². The van der Waals surface area contributed by atoms with Crippen molar-refractivity contribution in [2.24, 2.45) is 4.99 Å². The number of nitrogens with zero attached hydrogens (tertiary/aromatic N) is 1. The van der Waals surface area contributed by atoms with Crippen LogP contribution in [-0.2, 0) is 13.0 Å². The van der Waals surface area contributed by atoms with Crippen molar-refractivity contribution in [3.63, 3.8) is 0 Å². The molecule has 0 fully saturated rings. The summed E-state index contributed by atoms with van der Waals surface area (Å²) in [7, 11) is 0. The van der Waals surface area contributed by atoms with E-state index in [1.54, 1.807) is 12.1 Å². The van der Waals surface area contributed by atoms with Crippen LogP contribution in [0.3, 0.4) is 0 Å². The molecule has 0 heterocycles. The van der Waals surface area contributed by atoms with Crippen LogP contribution in [0.4, 0.5) is 10.1 Å². The van der Waals surface area contributed by atoms with Crippen molar-refractivity contribution >= 4 is 11.9 Å². The number of hydrogen-bond acceptors (Lipinski definition) is 2. The van der Waals surface area contributed by atoms with Crippen LogP contribution in [-0.4, -0.2) is 6.21 Å². The van der Waals surface area contributed by atoms with Crippen LogP contribution < -0.4 is 4.74 Å². The molecule has 2 nitrogen and oxygen atoms in total. The lowest BCUT2D eigenvalue weighted by atomic mass is 10.1.